The number of thioether (sulfide) groups is 1. The van der Waals surface area contributed by atoms with Gasteiger partial charge in [-0.1, -0.05) is 36.4 Å². The summed E-state index contributed by atoms with van der Waals surface area (Å²) in [7, 11) is 1.55. The highest BCUT2D eigenvalue weighted by Crippen LogP contribution is 2.32. The minimum Gasteiger partial charge on any atom is -0.493 e. The Morgan fingerprint density at radius 1 is 0.947 bits per heavy atom. The molecule has 0 aliphatic carbocycles. The van der Waals surface area contributed by atoms with Crippen LogP contribution in [0.2, 0.25) is 0 Å². The first-order valence-electron chi connectivity index (χ1n) is 12.0. The predicted octanol–water partition coefficient (Wildman–Crippen LogP) is 5.44. The fourth-order valence-corrected chi connectivity index (χ4v) is 4.58. The van der Waals surface area contributed by atoms with Crippen LogP contribution in [0.4, 0.5) is 10.5 Å². The van der Waals surface area contributed by atoms with Gasteiger partial charge in [0.05, 0.1) is 18.6 Å². The van der Waals surface area contributed by atoms with E-state index < -0.39 is 0 Å². The van der Waals surface area contributed by atoms with Gasteiger partial charge in [0.15, 0.2) is 18.1 Å². The largest absolute Gasteiger partial charge is 0.493 e. The molecular formula is C29H28N2O6S. The van der Waals surface area contributed by atoms with Gasteiger partial charge in [-0.15, -0.1) is 0 Å². The van der Waals surface area contributed by atoms with Crippen LogP contribution < -0.4 is 19.5 Å². The first-order chi connectivity index (χ1) is 18.4. The highest BCUT2D eigenvalue weighted by Gasteiger charge is 2.34. The van der Waals surface area contributed by atoms with E-state index in [0.29, 0.717) is 22.2 Å². The van der Waals surface area contributed by atoms with E-state index in [0.717, 1.165) is 39.0 Å². The van der Waals surface area contributed by atoms with Gasteiger partial charge in [-0.2, -0.15) is 0 Å². The molecule has 1 saturated heterocycles. The van der Waals surface area contributed by atoms with Crippen molar-refractivity contribution >= 4 is 40.6 Å². The Labute approximate surface area is 225 Å². The van der Waals surface area contributed by atoms with Crippen molar-refractivity contribution in [2.24, 2.45) is 0 Å². The molecule has 0 saturated carbocycles. The Balaban J connectivity index is 1.29. The fraction of sp³-hybridized carbons (Fsp3) is 0.207. The van der Waals surface area contributed by atoms with Crippen molar-refractivity contribution in [1.29, 1.82) is 0 Å². The molecule has 0 radical (unpaired) electrons. The molecule has 0 spiro atoms. The van der Waals surface area contributed by atoms with Gasteiger partial charge in [-0.3, -0.25) is 19.3 Å². The molecule has 1 heterocycles. The van der Waals surface area contributed by atoms with Crippen LogP contribution in [0.3, 0.4) is 0 Å². The molecule has 1 aliphatic rings. The van der Waals surface area contributed by atoms with E-state index in [2.05, 4.69) is 5.32 Å². The minimum absolute atomic E-state index is 0.122. The average molecular weight is 533 g/mol. The second-order valence-corrected chi connectivity index (χ2v) is 9.48. The van der Waals surface area contributed by atoms with Gasteiger partial charge in [0.25, 0.3) is 17.1 Å². The monoisotopic (exact) mass is 532 g/mol. The number of carbonyl (C=O) groups is 3. The molecule has 9 heteroatoms. The summed E-state index contributed by atoms with van der Waals surface area (Å²) in [5, 5.41) is 2.51. The first-order valence-corrected chi connectivity index (χ1v) is 12.8. The standard InChI is InChI=1S/C29H28N2O6S/c1-19-7-6-8-23(20(19)2)30-27(32)18-37-22-13-11-21(12-14-22)17-26-28(33)31(29(34)38-26)15-16-36-25-10-5-4-9-24(25)35-3/h4-14,17H,15-16,18H2,1-3H3,(H,30,32)/b26-17-. The van der Waals surface area contributed by atoms with Crippen LogP contribution in [0, 0.1) is 13.8 Å². The SMILES string of the molecule is COc1ccccc1OCCN1C(=O)S/C(=C\c2ccc(OCC(=O)Nc3cccc(C)c3C)cc2)C1=O. The number of imide groups is 1. The maximum Gasteiger partial charge on any atom is 0.293 e. The molecule has 0 atom stereocenters. The maximum atomic E-state index is 12.8. The van der Waals surface area contributed by atoms with Crippen molar-refractivity contribution in [1.82, 2.24) is 4.90 Å². The molecule has 196 valence electrons. The Bertz CT molecular complexity index is 1370. The molecule has 4 rings (SSSR count). The summed E-state index contributed by atoms with van der Waals surface area (Å²) in [5.41, 5.74) is 3.60. The third-order valence-corrected chi connectivity index (χ3v) is 6.85. The zero-order valence-corrected chi connectivity index (χ0v) is 22.2. The molecule has 0 aromatic heterocycles. The van der Waals surface area contributed by atoms with Crippen molar-refractivity contribution in [2.75, 3.05) is 32.2 Å². The molecule has 1 aliphatic heterocycles. The van der Waals surface area contributed by atoms with Gasteiger partial charge in [-0.05, 0) is 78.7 Å². The lowest BCUT2D eigenvalue weighted by molar-refractivity contribution is -0.123. The summed E-state index contributed by atoms with van der Waals surface area (Å²) in [6, 6.07) is 19.9. The Morgan fingerprint density at radius 2 is 1.68 bits per heavy atom. The number of carbonyl (C=O) groups excluding carboxylic acids is 3. The lowest BCUT2D eigenvalue weighted by Crippen LogP contribution is -2.32. The summed E-state index contributed by atoms with van der Waals surface area (Å²) in [5.74, 6) is 1.01. The number of hydrogen-bond donors (Lipinski definition) is 1. The van der Waals surface area contributed by atoms with Crippen LogP contribution >= 0.6 is 11.8 Å². The van der Waals surface area contributed by atoms with Crippen molar-refractivity contribution in [3.8, 4) is 17.2 Å². The van der Waals surface area contributed by atoms with Crippen LogP contribution in [0.1, 0.15) is 16.7 Å². The molecule has 3 aromatic carbocycles. The number of anilines is 1. The number of nitrogens with one attached hydrogen (secondary N) is 1. The van der Waals surface area contributed by atoms with E-state index in [1.54, 1.807) is 49.6 Å². The Kier molecular flexibility index (Phi) is 8.70. The van der Waals surface area contributed by atoms with Gasteiger partial charge in [0, 0.05) is 5.69 Å². The third kappa shape index (κ3) is 6.54. The zero-order valence-electron chi connectivity index (χ0n) is 21.4. The van der Waals surface area contributed by atoms with E-state index in [1.165, 1.54) is 0 Å². The average Bonchev–Trinajstić information content (AvgIpc) is 3.18. The number of nitrogens with zero attached hydrogens (tertiary/aromatic N) is 1. The smallest absolute Gasteiger partial charge is 0.293 e. The lowest BCUT2D eigenvalue weighted by atomic mass is 10.1. The van der Waals surface area contributed by atoms with E-state index >= 15 is 0 Å². The molecule has 0 unspecified atom stereocenters. The molecule has 38 heavy (non-hydrogen) atoms. The Morgan fingerprint density at radius 3 is 2.42 bits per heavy atom. The minimum atomic E-state index is -0.368. The van der Waals surface area contributed by atoms with Crippen molar-refractivity contribution in [3.63, 3.8) is 0 Å². The molecule has 8 nitrogen and oxygen atoms in total. The van der Waals surface area contributed by atoms with Crippen molar-refractivity contribution < 1.29 is 28.6 Å². The number of aryl methyl sites for hydroxylation is 1. The summed E-state index contributed by atoms with van der Waals surface area (Å²) in [6.45, 7) is 4.07. The number of amides is 3. The quantitative estimate of drug-likeness (QED) is 0.347. The highest BCUT2D eigenvalue weighted by molar-refractivity contribution is 8.18. The van der Waals surface area contributed by atoms with E-state index in [4.69, 9.17) is 14.2 Å². The third-order valence-electron chi connectivity index (χ3n) is 5.94. The second kappa shape index (κ2) is 12.3. The molecular weight excluding hydrogens is 504 g/mol. The van der Waals surface area contributed by atoms with Crippen LogP contribution in [0.25, 0.3) is 6.08 Å². The van der Waals surface area contributed by atoms with Crippen molar-refractivity contribution in [3.05, 3.63) is 88.3 Å². The van der Waals surface area contributed by atoms with Gasteiger partial charge in [0.2, 0.25) is 0 Å². The van der Waals surface area contributed by atoms with Crippen LogP contribution in [0.15, 0.2) is 71.6 Å². The van der Waals surface area contributed by atoms with E-state index in [9.17, 15) is 14.4 Å². The second-order valence-electron chi connectivity index (χ2n) is 8.49. The van der Waals surface area contributed by atoms with Gasteiger partial charge in [-0.25, -0.2) is 0 Å². The maximum absolute atomic E-state index is 12.8. The summed E-state index contributed by atoms with van der Waals surface area (Å²) < 4.78 is 16.5. The normalized spacial score (nSPS) is 14.1. The Hall–Kier alpha value is -4.24. The topological polar surface area (TPSA) is 94.2 Å². The van der Waals surface area contributed by atoms with Gasteiger partial charge in [0.1, 0.15) is 12.4 Å². The van der Waals surface area contributed by atoms with Crippen molar-refractivity contribution in [2.45, 2.75) is 13.8 Å². The number of methoxy groups -OCH3 is 1. The predicted molar refractivity (Wildman–Crippen MR) is 148 cm³/mol. The zero-order chi connectivity index (χ0) is 27.1. The number of para-hydroxylation sites is 2. The van der Waals surface area contributed by atoms with Gasteiger partial charge < -0.3 is 19.5 Å². The van der Waals surface area contributed by atoms with E-state index in [1.807, 2.05) is 44.2 Å². The number of hydrogen-bond acceptors (Lipinski definition) is 7. The fourth-order valence-electron chi connectivity index (χ4n) is 3.71. The van der Waals surface area contributed by atoms with Crippen LogP contribution in [-0.2, 0) is 9.59 Å². The molecule has 0 bridgehead atoms. The van der Waals surface area contributed by atoms with E-state index in [-0.39, 0.29) is 36.8 Å². The summed E-state index contributed by atoms with van der Waals surface area (Å²) >= 11 is 0.886. The molecule has 3 amide bonds. The molecule has 3 aromatic rings. The number of rotatable bonds is 10. The first kappa shape index (κ1) is 26.8. The number of ether oxygens (including phenoxy) is 3. The summed E-state index contributed by atoms with van der Waals surface area (Å²) in [6.07, 6.45) is 1.66. The van der Waals surface area contributed by atoms with Crippen LogP contribution in [0.5, 0.6) is 17.2 Å². The van der Waals surface area contributed by atoms with Gasteiger partial charge >= 0.3 is 0 Å². The molecule has 1 fully saturated rings. The summed E-state index contributed by atoms with van der Waals surface area (Å²) in [4.78, 5) is 39.0. The highest BCUT2D eigenvalue weighted by atomic mass is 32.2. The van der Waals surface area contributed by atoms with Crippen LogP contribution in [-0.4, -0.2) is 48.8 Å². The number of benzene rings is 3. The molecule has 1 N–H and O–H groups in total. The lowest BCUT2D eigenvalue weighted by Gasteiger charge is -2.14.